The number of hydrogen-bond acceptors (Lipinski definition) is 7. The molecule has 0 atom stereocenters. The number of likely N-dealkylation sites (tertiary alicyclic amines) is 2. The van der Waals surface area contributed by atoms with Gasteiger partial charge in [-0.2, -0.15) is 0 Å². The number of carbonyl (C=O) groups is 1. The van der Waals surface area contributed by atoms with E-state index in [1.54, 1.807) is 13.4 Å². The number of aromatic amines is 1. The van der Waals surface area contributed by atoms with E-state index < -0.39 is 0 Å². The molecule has 0 bridgehead atoms. The molecule has 0 spiro atoms. The molecule has 1 amide bonds. The van der Waals surface area contributed by atoms with Gasteiger partial charge in [0, 0.05) is 67.2 Å². The molecular weight excluding hydrogens is 544 g/mol. The maximum Gasteiger partial charge on any atom is 0.267 e. The Hall–Kier alpha value is -3.24. The van der Waals surface area contributed by atoms with Crippen LogP contribution in [-0.4, -0.2) is 84.3 Å². The van der Waals surface area contributed by atoms with E-state index in [0.29, 0.717) is 29.4 Å². The lowest BCUT2D eigenvalue weighted by Crippen LogP contribution is -2.47. The van der Waals surface area contributed by atoms with Crippen LogP contribution in [-0.2, 0) is 6.61 Å². The number of benzene rings is 2. The number of hydrogen-bond donors (Lipinski definition) is 3. The Kier molecular flexibility index (Phi) is 9.39. The van der Waals surface area contributed by atoms with Crippen LogP contribution in [0, 0.1) is 0 Å². The number of methoxy groups -OCH3 is 1. The Balaban J connectivity index is 0.00000337. The smallest absolute Gasteiger partial charge is 0.267 e. The van der Waals surface area contributed by atoms with Gasteiger partial charge in [0.2, 0.25) is 0 Å². The van der Waals surface area contributed by atoms with Crippen LogP contribution in [0.4, 0.5) is 0 Å². The third-order valence-electron chi connectivity index (χ3n) is 8.33. The molecule has 2 saturated heterocycles. The third kappa shape index (κ3) is 6.64. The fourth-order valence-corrected chi connectivity index (χ4v) is 5.88. The standard InChI is InChI=1S/C31H38N4O5.ClH/c1-38-29-7-2-4-24-21(20-40-30(24)29)19-39-28-6-3-5-26-25(28)18-27(33-26)31(37)32-22-8-12-34(13-9-22)16-17-35-14-10-23(36)11-15-35;/h2-7,18,20,22-23,33,36H,8-17,19H2,1H3,(H,32,37);1H. The largest absolute Gasteiger partial charge is 0.493 e. The fraction of sp³-hybridized carbons (Fsp3) is 0.452. The monoisotopic (exact) mass is 582 g/mol. The minimum absolute atomic E-state index is 0. The summed E-state index contributed by atoms with van der Waals surface area (Å²) in [6, 6.07) is 13.6. The molecule has 4 heterocycles. The van der Waals surface area contributed by atoms with Gasteiger partial charge < -0.3 is 39.1 Å². The molecule has 2 aliphatic rings. The summed E-state index contributed by atoms with van der Waals surface area (Å²) in [4.78, 5) is 21.3. The summed E-state index contributed by atoms with van der Waals surface area (Å²) in [5.41, 5.74) is 3.04. The lowest BCUT2D eigenvalue weighted by atomic mass is 10.0. The van der Waals surface area contributed by atoms with Crippen LogP contribution in [0.2, 0.25) is 0 Å². The van der Waals surface area contributed by atoms with Crippen molar-refractivity contribution < 1.29 is 23.8 Å². The minimum atomic E-state index is -0.125. The normalized spacial score (nSPS) is 17.5. The van der Waals surface area contributed by atoms with E-state index in [0.717, 1.165) is 86.8 Å². The fourth-order valence-electron chi connectivity index (χ4n) is 5.88. The number of rotatable bonds is 9. The van der Waals surface area contributed by atoms with Gasteiger partial charge >= 0.3 is 0 Å². The lowest BCUT2D eigenvalue weighted by Gasteiger charge is -2.35. The van der Waals surface area contributed by atoms with E-state index in [1.165, 1.54) is 0 Å². The molecule has 2 aromatic carbocycles. The predicted octanol–water partition coefficient (Wildman–Crippen LogP) is 4.57. The molecule has 2 aromatic heterocycles. The number of aromatic nitrogens is 1. The number of nitrogens with zero attached hydrogens (tertiary/aromatic N) is 2. The number of aliphatic hydroxyl groups is 1. The predicted molar refractivity (Wildman–Crippen MR) is 161 cm³/mol. The van der Waals surface area contributed by atoms with E-state index in [-0.39, 0.29) is 30.5 Å². The van der Waals surface area contributed by atoms with Crippen molar-refractivity contribution in [1.29, 1.82) is 0 Å². The van der Waals surface area contributed by atoms with Crippen LogP contribution in [0.15, 0.2) is 53.1 Å². The average molecular weight is 583 g/mol. The molecule has 3 N–H and O–H groups in total. The quantitative estimate of drug-likeness (QED) is 0.265. The van der Waals surface area contributed by atoms with Crippen molar-refractivity contribution in [1.82, 2.24) is 20.1 Å². The second kappa shape index (κ2) is 13.2. The van der Waals surface area contributed by atoms with Crippen molar-refractivity contribution in [2.75, 3.05) is 46.4 Å². The summed E-state index contributed by atoms with van der Waals surface area (Å²) in [7, 11) is 1.63. The second-order valence-corrected chi connectivity index (χ2v) is 10.9. The van der Waals surface area contributed by atoms with Crippen LogP contribution < -0.4 is 14.8 Å². The highest BCUT2D eigenvalue weighted by molar-refractivity contribution is 5.99. The molecule has 0 unspecified atom stereocenters. The molecule has 220 valence electrons. The van der Waals surface area contributed by atoms with Crippen LogP contribution in [0.5, 0.6) is 11.5 Å². The number of aliphatic hydroxyl groups excluding tert-OH is 1. The molecule has 0 aliphatic carbocycles. The minimum Gasteiger partial charge on any atom is -0.493 e. The molecule has 2 aliphatic heterocycles. The number of H-pyrrole nitrogens is 1. The van der Waals surface area contributed by atoms with Gasteiger partial charge in [-0.3, -0.25) is 4.79 Å². The Bertz CT molecular complexity index is 1450. The zero-order valence-electron chi connectivity index (χ0n) is 23.4. The van der Waals surface area contributed by atoms with Crippen LogP contribution in [0.1, 0.15) is 41.7 Å². The average Bonchev–Trinajstić information content (AvgIpc) is 3.61. The number of furan rings is 1. The number of fused-ring (bicyclic) bond motifs is 2. The maximum absolute atomic E-state index is 13.1. The number of ether oxygens (including phenoxy) is 2. The number of para-hydroxylation sites is 1. The van der Waals surface area contributed by atoms with Gasteiger partial charge in [0.1, 0.15) is 18.1 Å². The SMILES string of the molecule is COc1cccc2c(COc3cccc4[nH]c(C(=O)NC5CCN(CCN6CCC(O)CC6)CC5)cc34)coc12.Cl. The highest BCUT2D eigenvalue weighted by Crippen LogP contribution is 2.32. The first kappa shape index (κ1) is 29.3. The van der Waals surface area contributed by atoms with Crippen LogP contribution >= 0.6 is 12.4 Å². The van der Waals surface area contributed by atoms with Crippen LogP contribution in [0.25, 0.3) is 21.9 Å². The Labute approximate surface area is 246 Å². The van der Waals surface area contributed by atoms with E-state index in [4.69, 9.17) is 13.9 Å². The number of piperidine rings is 2. The lowest BCUT2D eigenvalue weighted by molar-refractivity contribution is 0.0729. The van der Waals surface area contributed by atoms with Crippen molar-refractivity contribution in [3.05, 3.63) is 60.0 Å². The molecule has 2 fully saturated rings. The molecule has 0 radical (unpaired) electrons. The highest BCUT2D eigenvalue weighted by atomic mass is 35.5. The number of nitrogens with one attached hydrogen (secondary N) is 2. The van der Waals surface area contributed by atoms with Crippen molar-refractivity contribution in [2.24, 2.45) is 0 Å². The van der Waals surface area contributed by atoms with Crippen molar-refractivity contribution >= 4 is 40.2 Å². The Morgan fingerprint density at radius 3 is 2.41 bits per heavy atom. The van der Waals surface area contributed by atoms with Gasteiger partial charge in [0.15, 0.2) is 11.3 Å². The van der Waals surface area contributed by atoms with E-state index in [1.807, 2.05) is 42.5 Å². The second-order valence-electron chi connectivity index (χ2n) is 10.9. The Morgan fingerprint density at radius 2 is 1.68 bits per heavy atom. The van der Waals surface area contributed by atoms with Crippen molar-refractivity contribution in [3.8, 4) is 11.5 Å². The van der Waals surface area contributed by atoms with Gasteiger partial charge in [-0.25, -0.2) is 0 Å². The summed E-state index contributed by atoms with van der Waals surface area (Å²) >= 11 is 0. The molecule has 0 saturated carbocycles. The summed E-state index contributed by atoms with van der Waals surface area (Å²) < 4.78 is 17.3. The molecule has 4 aromatic rings. The van der Waals surface area contributed by atoms with E-state index in [9.17, 15) is 9.90 Å². The number of halogens is 1. The molecule has 6 rings (SSSR count). The summed E-state index contributed by atoms with van der Waals surface area (Å²) in [5.74, 6) is 1.32. The highest BCUT2D eigenvalue weighted by Gasteiger charge is 2.23. The van der Waals surface area contributed by atoms with Gasteiger partial charge in [-0.05, 0) is 49.9 Å². The Morgan fingerprint density at radius 1 is 1.00 bits per heavy atom. The first-order chi connectivity index (χ1) is 19.6. The maximum atomic E-state index is 13.1. The van der Waals surface area contributed by atoms with E-state index in [2.05, 4.69) is 20.1 Å². The summed E-state index contributed by atoms with van der Waals surface area (Å²) in [5, 5.41) is 14.8. The van der Waals surface area contributed by atoms with Crippen molar-refractivity contribution in [3.63, 3.8) is 0 Å². The first-order valence-corrected chi connectivity index (χ1v) is 14.3. The van der Waals surface area contributed by atoms with Crippen molar-refractivity contribution in [2.45, 2.75) is 44.4 Å². The first-order valence-electron chi connectivity index (χ1n) is 14.3. The molecule has 9 nitrogen and oxygen atoms in total. The topological polar surface area (TPSA) is 103 Å². The number of carbonyl (C=O) groups excluding carboxylic acids is 1. The summed E-state index contributed by atoms with van der Waals surface area (Å²) in [6.45, 7) is 6.38. The molecule has 10 heteroatoms. The van der Waals surface area contributed by atoms with Crippen LogP contribution in [0.3, 0.4) is 0 Å². The van der Waals surface area contributed by atoms with Gasteiger partial charge in [-0.1, -0.05) is 18.2 Å². The molecular formula is C31H39ClN4O5. The third-order valence-corrected chi connectivity index (χ3v) is 8.33. The van der Waals surface area contributed by atoms with Gasteiger partial charge in [0.05, 0.1) is 19.5 Å². The zero-order chi connectivity index (χ0) is 27.5. The zero-order valence-corrected chi connectivity index (χ0v) is 24.3. The van der Waals surface area contributed by atoms with Gasteiger partial charge in [0.25, 0.3) is 5.91 Å². The van der Waals surface area contributed by atoms with E-state index >= 15 is 0 Å². The number of amides is 1. The van der Waals surface area contributed by atoms with Gasteiger partial charge in [-0.15, -0.1) is 12.4 Å². The summed E-state index contributed by atoms with van der Waals surface area (Å²) in [6.07, 6.45) is 5.23. The molecule has 41 heavy (non-hydrogen) atoms.